The van der Waals surface area contributed by atoms with Crippen molar-refractivity contribution in [2.75, 3.05) is 0 Å². The highest BCUT2D eigenvalue weighted by atomic mass is 32.2. The summed E-state index contributed by atoms with van der Waals surface area (Å²) in [6, 6.07) is 0. The zero-order chi connectivity index (χ0) is 14.1. The van der Waals surface area contributed by atoms with Crippen molar-refractivity contribution in [3.05, 3.63) is 24.0 Å². The molecular weight excluding hydrogens is 269 g/mol. The molecule has 0 spiro atoms. The van der Waals surface area contributed by atoms with Crippen LogP contribution >= 0.6 is 0 Å². The Balaban J connectivity index is 2.98. The molecule has 0 aliphatic heterocycles. The van der Waals surface area contributed by atoms with Crippen LogP contribution in [0.3, 0.4) is 0 Å². The van der Waals surface area contributed by atoms with Crippen molar-refractivity contribution < 1.29 is 25.8 Å². The lowest BCUT2D eigenvalue weighted by atomic mass is 9.85. The van der Waals surface area contributed by atoms with Crippen LogP contribution in [0.15, 0.2) is 24.0 Å². The molecule has 0 saturated heterocycles. The number of rotatable bonds is 3. The fourth-order valence-electron chi connectivity index (χ4n) is 1.69. The highest BCUT2D eigenvalue weighted by Gasteiger charge is 2.49. The van der Waals surface area contributed by atoms with Crippen LogP contribution in [0.4, 0.5) is 13.2 Å². The third kappa shape index (κ3) is 3.28. The average molecular weight is 284 g/mol. The van der Waals surface area contributed by atoms with Crippen LogP contribution < -0.4 is 0 Å². The molecule has 0 amide bonds. The number of hydrogen-bond acceptors (Lipinski definition) is 3. The fraction of sp³-hybridized carbons (Fsp3) is 0.636. The minimum Gasteiger partial charge on any atom is -0.381 e. The van der Waals surface area contributed by atoms with Crippen LogP contribution in [0, 0.1) is 11.8 Å². The van der Waals surface area contributed by atoms with Crippen LogP contribution in [0.1, 0.15) is 26.7 Å². The van der Waals surface area contributed by atoms with E-state index in [0.29, 0.717) is 6.42 Å². The molecule has 0 aromatic carbocycles. The molecule has 3 nitrogen and oxygen atoms in total. The fourth-order valence-corrected chi connectivity index (χ4v) is 2.26. The molecular formula is C11H15F3O3S. The second kappa shape index (κ2) is 4.95. The van der Waals surface area contributed by atoms with Gasteiger partial charge in [-0.25, -0.2) is 0 Å². The first kappa shape index (κ1) is 15.1. The molecule has 2 atom stereocenters. The molecule has 0 unspecified atom stereocenters. The van der Waals surface area contributed by atoms with Gasteiger partial charge in [0.05, 0.1) is 0 Å². The van der Waals surface area contributed by atoms with Gasteiger partial charge < -0.3 is 4.18 Å². The highest BCUT2D eigenvalue weighted by molar-refractivity contribution is 7.87. The summed E-state index contributed by atoms with van der Waals surface area (Å²) in [5.41, 5.74) is -4.63. The van der Waals surface area contributed by atoms with Crippen molar-refractivity contribution in [1.82, 2.24) is 0 Å². The van der Waals surface area contributed by atoms with Gasteiger partial charge in [0.15, 0.2) is 0 Å². The maximum Gasteiger partial charge on any atom is 0.534 e. The lowest BCUT2D eigenvalue weighted by molar-refractivity contribution is -0.0528. The number of halogens is 3. The standard InChI is InChI=1S/C11H15F3O3S/c1-7(2)9-5-4-8(3)10(6-9)17-18(15,16)11(12,13)14/h6,8-9H,1,4-5H2,2-3H3/t8-,9-/m1/s1. The van der Waals surface area contributed by atoms with Crippen LogP contribution in [0.25, 0.3) is 0 Å². The molecule has 0 heterocycles. The summed E-state index contributed by atoms with van der Waals surface area (Å²) in [5, 5.41) is 0. The summed E-state index contributed by atoms with van der Waals surface area (Å²) in [6.45, 7) is 7.09. The first-order valence-corrected chi connectivity index (χ1v) is 6.83. The van der Waals surface area contributed by atoms with E-state index >= 15 is 0 Å². The highest BCUT2D eigenvalue weighted by Crippen LogP contribution is 2.35. The van der Waals surface area contributed by atoms with Crippen molar-refractivity contribution in [2.45, 2.75) is 32.2 Å². The third-order valence-electron chi connectivity index (χ3n) is 2.88. The summed E-state index contributed by atoms with van der Waals surface area (Å²) in [7, 11) is -5.58. The van der Waals surface area contributed by atoms with E-state index in [-0.39, 0.29) is 17.6 Å². The van der Waals surface area contributed by atoms with Crippen LogP contribution in [-0.4, -0.2) is 13.9 Å². The van der Waals surface area contributed by atoms with E-state index in [1.54, 1.807) is 13.8 Å². The summed E-state index contributed by atoms with van der Waals surface area (Å²) in [5.74, 6) is -0.635. The first-order chi connectivity index (χ1) is 8.04. The summed E-state index contributed by atoms with van der Waals surface area (Å²) < 4.78 is 62.7. The van der Waals surface area contributed by atoms with E-state index in [1.807, 2.05) is 0 Å². The smallest absolute Gasteiger partial charge is 0.381 e. The van der Waals surface area contributed by atoms with E-state index in [9.17, 15) is 21.6 Å². The lowest BCUT2D eigenvalue weighted by Gasteiger charge is -2.26. The molecule has 1 rings (SSSR count). The Morgan fingerprint density at radius 2 is 2.00 bits per heavy atom. The largest absolute Gasteiger partial charge is 0.534 e. The molecule has 18 heavy (non-hydrogen) atoms. The van der Waals surface area contributed by atoms with Gasteiger partial charge in [0.25, 0.3) is 0 Å². The zero-order valence-corrected chi connectivity index (χ0v) is 10.9. The maximum absolute atomic E-state index is 12.2. The maximum atomic E-state index is 12.2. The summed E-state index contributed by atoms with van der Waals surface area (Å²) in [6.07, 6.45) is 2.71. The van der Waals surface area contributed by atoms with E-state index < -0.39 is 15.6 Å². The van der Waals surface area contributed by atoms with Crippen molar-refractivity contribution in [3.63, 3.8) is 0 Å². The van der Waals surface area contributed by atoms with Gasteiger partial charge in [-0.1, -0.05) is 19.1 Å². The van der Waals surface area contributed by atoms with Gasteiger partial charge in [-0.2, -0.15) is 21.6 Å². The monoisotopic (exact) mass is 284 g/mol. The Morgan fingerprint density at radius 1 is 1.44 bits per heavy atom. The van der Waals surface area contributed by atoms with Gasteiger partial charge in [0, 0.05) is 11.8 Å². The average Bonchev–Trinajstić information content (AvgIpc) is 2.18. The molecule has 104 valence electrons. The van der Waals surface area contributed by atoms with Crippen molar-refractivity contribution in [2.24, 2.45) is 11.8 Å². The lowest BCUT2D eigenvalue weighted by Crippen LogP contribution is -2.27. The van der Waals surface area contributed by atoms with Gasteiger partial charge in [0.1, 0.15) is 5.76 Å². The zero-order valence-electron chi connectivity index (χ0n) is 10.1. The molecule has 0 radical (unpaired) electrons. The molecule has 0 N–H and O–H groups in total. The van der Waals surface area contributed by atoms with Gasteiger partial charge >= 0.3 is 15.6 Å². The topological polar surface area (TPSA) is 43.4 Å². The molecule has 0 bridgehead atoms. The molecule has 0 aromatic heterocycles. The van der Waals surface area contributed by atoms with Gasteiger partial charge in [-0.3, -0.25) is 0 Å². The van der Waals surface area contributed by atoms with E-state index in [2.05, 4.69) is 10.8 Å². The van der Waals surface area contributed by atoms with E-state index in [4.69, 9.17) is 0 Å². The molecule has 7 heteroatoms. The molecule has 1 aliphatic rings. The minimum absolute atomic E-state index is 0.139. The van der Waals surface area contributed by atoms with Crippen LogP contribution in [0.5, 0.6) is 0 Å². The Labute approximate surface area is 104 Å². The van der Waals surface area contributed by atoms with Gasteiger partial charge in [-0.05, 0) is 25.8 Å². The van der Waals surface area contributed by atoms with Crippen molar-refractivity contribution in [1.29, 1.82) is 0 Å². The molecule has 0 fully saturated rings. The second-order valence-corrected chi connectivity index (χ2v) is 6.02. The molecule has 0 saturated carbocycles. The summed E-state index contributed by atoms with van der Waals surface area (Å²) >= 11 is 0. The molecule has 1 aliphatic carbocycles. The SMILES string of the molecule is C=C(C)[C@H]1C=C(OS(=O)(=O)C(F)(F)F)[C@H](C)CC1. The number of hydrogen-bond donors (Lipinski definition) is 0. The van der Waals surface area contributed by atoms with E-state index in [0.717, 1.165) is 12.0 Å². The third-order valence-corrected chi connectivity index (χ3v) is 3.86. The first-order valence-electron chi connectivity index (χ1n) is 5.42. The Hall–Kier alpha value is -0.980. The van der Waals surface area contributed by atoms with Crippen LogP contribution in [0.2, 0.25) is 0 Å². The van der Waals surface area contributed by atoms with Gasteiger partial charge in [-0.15, -0.1) is 0 Å². The summed E-state index contributed by atoms with van der Waals surface area (Å²) in [4.78, 5) is 0. The Bertz CT molecular complexity index is 462. The van der Waals surface area contributed by atoms with Crippen LogP contribution in [-0.2, 0) is 14.3 Å². The Morgan fingerprint density at radius 3 is 2.44 bits per heavy atom. The second-order valence-electron chi connectivity index (χ2n) is 4.48. The van der Waals surface area contributed by atoms with Crippen molar-refractivity contribution in [3.8, 4) is 0 Å². The van der Waals surface area contributed by atoms with Crippen molar-refractivity contribution >= 4 is 10.1 Å². The predicted molar refractivity (Wildman–Crippen MR) is 60.8 cm³/mol. The minimum atomic E-state index is -5.58. The van der Waals surface area contributed by atoms with Gasteiger partial charge in [0.2, 0.25) is 0 Å². The number of allylic oxidation sites excluding steroid dienone is 3. The quantitative estimate of drug-likeness (QED) is 0.453. The predicted octanol–water partition coefficient (Wildman–Crippen LogP) is 3.36. The molecule has 0 aromatic rings. The normalized spacial score (nSPS) is 25.5. The van der Waals surface area contributed by atoms with E-state index in [1.165, 1.54) is 6.08 Å². The number of alkyl halides is 3. The Kier molecular flexibility index (Phi) is 4.15.